The zero-order valence-corrected chi connectivity index (χ0v) is 26.6. The summed E-state index contributed by atoms with van der Waals surface area (Å²) in [5.74, 6) is -5.28. The van der Waals surface area contributed by atoms with Crippen LogP contribution in [0, 0.1) is 29.1 Å². The van der Waals surface area contributed by atoms with Crippen molar-refractivity contribution in [3.05, 3.63) is 54.1 Å². The summed E-state index contributed by atoms with van der Waals surface area (Å²) < 4.78 is 26.0. The normalized spacial score (nSPS) is 12.8. The summed E-state index contributed by atoms with van der Waals surface area (Å²) in [6.07, 6.45) is -1.20. The minimum absolute atomic E-state index is 0.00118. The predicted molar refractivity (Wildman–Crippen MR) is 162 cm³/mol. The summed E-state index contributed by atoms with van der Waals surface area (Å²) in [6, 6.07) is 16.0. The van der Waals surface area contributed by atoms with E-state index in [-0.39, 0.29) is 38.6 Å². The molecule has 242 valence electrons. The Hall–Kier alpha value is -4.72. The van der Waals surface area contributed by atoms with E-state index in [1.54, 1.807) is 77.9 Å². The Bertz CT molecular complexity index is 1340. The number of carbonyl (C=O) groups excluding carboxylic acids is 5. The molecule has 0 N–H and O–H groups in total. The molecular formula is C34H41NO10. The van der Waals surface area contributed by atoms with Gasteiger partial charge in [0.15, 0.2) is 0 Å². The Kier molecular flexibility index (Phi) is 14.7. The lowest BCUT2D eigenvalue weighted by atomic mass is 9.85. The third-order valence-corrected chi connectivity index (χ3v) is 6.55. The summed E-state index contributed by atoms with van der Waals surface area (Å²) in [4.78, 5) is 61.9. The van der Waals surface area contributed by atoms with Crippen molar-refractivity contribution in [2.45, 2.75) is 73.0 Å². The fraction of sp³-hybridized carbons (Fsp3) is 0.471. The highest BCUT2D eigenvalue weighted by molar-refractivity contribution is 5.83. The van der Waals surface area contributed by atoms with E-state index in [1.807, 2.05) is 12.1 Å². The molecule has 3 atom stereocenters. The molecule has 0 heterocycles. The molecule has 0 amide bonds. The molecule has 0 aliphatic carbocycles. The molecule has 0 saturated heterocycles. The maximum absolute atomic E-state index is 12.7. The van der Waals surface area contributed by atoms with Crippen molar-refractivity contribution in [2.24, 2.45) is 17.8 Å². The van der Waals surface area contributed by atoms with Crippen LogP contribution in [-0.2, 0) is 42.9 Å². The Morgan fingerprint density at radius 1 is 0.667 bits per heavy atom. The van der Waals surface area contributed by atoms with Gasteiger partial charge in [-0.15, -0.1) is 0 Å². The highest BCUT2D eigenvalue weighted by Crippen LogP contribution is 2.26. The van der Waals surface area contributed by atoms with Crippen molar-refractivity contribution >= 4 is 29.8 Å². The minimum Gasteiger partial charge on any atom is -0.463 e. The lowest BCUT2D eigenvalue weighted by Crippen LogP contribution is -2.35. The van der Waals surface area contributed by atoms with E-state index < -0.39 is 53.7 Å². The second-order valence-corrected chi connectivity index (χ2v) is 11.1. The molecule has 0 radical (unpaired) electrons. The van der Waals surface area contributed by atoms with Crippen molar-refractivity contribution in [1.29, 1.82) is 5.26 Å². The van der Waals surface area contributed by atoms with Crippen molar-refractivity contribution in [1.82, 2.24) is 0 Å². The van der Waals surface area contributed by atoms with Gasteiger partial charge >= 0.3 is 29.8 Å². The molecule has 3 unspecified atom stereocenters. The van der Waals surface area contributed by atoms with Crippen LogP contribution < -0.4 is 4.74 Å². The molecule has 0 aliphatic rings. The van der Waals surface area contributed by atoms with Crippen LogP contribution in [-0.4, -0.2) is 55.3 Å². The lowest BCUT2D eigenvalue weighted by Gasteiger charge is -2.25. The van der Waals surface area contributed by atoms with E-state index in [1.165, 1.54) is 0 Å². The monoisotopic (exact) mass is 623 g/mol. The maximum Gasteiger partial charge on any atom is 0.311 e. The molecule has 11 heteroatoms. The van der Waals surface area contributed by atoms with Gasteiger partial charge in [-0.2, -0.15) is 5.26 Å². The largest absolute Gasteiger partial charge is 0.463 e. The molecule has 45 heavy (non-hydrogen) atoms. The molecule has 0 spiro atoms. The van der Waals surface area contributed by atoms with Crippen LogP contribution in [0.1, 0.15) is 66.4 Å². The molecule has 11 nitrogen and oxygen atoms in total. The zero-order chi connectivity index (χ0) is 33.5. The summed E-state index contributed by atoms with van der Waals surface area (Å²) in [7, 11) is 0. The number of nitrogens with zero attached hydrogens (tertiary/aromatic N) is 1. The van der Waals surface area contributed by atoms with Gasteiger partial charge in [-0.05, 0) is 69.5 Å². The first kappa shape index (κ1) is 36.5. The fourth-order valence-electron chi connectivity index (χ4n) is 4.16. The van der Waals surface area contributed by atoms with E-state index in [2.05, 4.69) is 6.07 Å². The van der Waals surface area contributed by atoms with Gasteiger partial charge < -0.3 is 23.7 Å². The Morgan fingerprint density at radius 3 is 1.73 bits per heavy atom. The van der Waals surface area contributed by atoms with Gasteiger partial charge in [-0.1, -0.05) is 38.1 Å². The summed E-state index contributed by atoms with van der Waals surface area (Å²) in [6.45, 7) is 9.45. The van der Waals surface area contributed by atoms with Crippen LogP contribution in [0.3, 0.4) is 0 Å². The van der Waals surface area contributed by atoms with Gasteiger partial charge in [0.1, 0.15) is 19.0 Å². The van der Waals surface area contributed by atoms with Crippen LogP contribution in [0.25, 0.3) is 11.1 Å². The third kappa shape index (κ3) is 12.8. The summed E-state index contributed by atoms with van der Waals surface area (Å²) in [5.41, 5.74) is 2.35. The van der Waals surface area contributed by atoms with Gasteiger partial charge in [-0.25, -0.2) is 0 Å². The molecule has 2 aromatic rings. The SMILES string of the molecule is CC(C)OC(=O)C(C)C(CC(C)C(=O)OCCOC(=O)CCC(=O)Oc1ccc(-c2ccc(C#N)cc2)cc1)C(=O)OC(C)C. The average Bonchev–Trinajstić information content (AvgIpc) is 3.00. The Balaban J connectivity index is 1.74. The van der Waals surface area contributed by atoms with E-state index in [0.29, 0.717) is 11.3 Å². The number of esters is 5. The van der Waals surface area contributed by atoms with Crippen molar-refractivity contribution in [2.75, 3.05) is 13.2 Å². The topological polar surface area (TPSA) is 155 Å². The standard InChI is InChI=1S/C34H41NO10/c1-21(2)43-33(39)24(6)29(34(40)44-22(3)4)19-23(5)32(38)42-18-17-41-30(36)15-16-31(37)45-28-13-11-27(12-14-28)26-9-7-25(20-35)8-10-26/h7-14,21-24,29H,15-19H2,1-6H3. The van der Waals surface area contributed by atoms with E-state index in [0.717, 1.165) is 11.1 Å². The highest BCUT2D eigenvalue weighted by Gasteiger charge is 2.36. The number of nitriles is 1. The molecule has 0 saturated carbocycles. The van der Waals surface area contributed by atoms with E-state index >= 15 is 0 Å². The van der Waals surface area contributed by atoms with Crippen LogP contribution in [0.4, 0.5) is 0 Å². The minimum atomic E-state index is -0.917. The summed E-state index contributed by atoms with van der Waals surface area (Å²) >= 11 is 0. The lowest BCUT2D eigenvalue weighted by molar-refractivity contribution is -0.166. The van der Waals surface area contributed by atoms with Crippen LogP contribution >= 0.6 is 0 Å². The molecule has 0 aliphatic heterocycles. The first-order chi connectivity index (χ1) is 21.3. The summed E-state index contributed by atoms with van der Waals surface area (Å²) in [5, 5.41) is 8.92. The highest BCUT2D eigenvalue weighted by atomic mass is 16.6. The van der Waals surface area contributed by atoms with Crippen molar-refractivity contribution < 1.29 is 47.7 Å². The molecule has 0 bridgehead atoms. The Labute approximate surface area is 263 Å². The van der Waals surface area contributed by atoms with Gasteiger partial charge in [0.05, 0.1) is 54.4 Å². The Morgan fingerprint density at radius 2 is 1.18 bits per heavy atom. The zero-order valence-electron chi connectivity index (χ0n) is 26.6. The number of hydrogen-bond donors (Lipinski definition) is 0. The van der Waals surface area contributed by atoms with Gasteiger partial charge in [0.2, 0.25) is 0 Å². The predicted octanol–water partition coefficient (Wildman–Crippen LogP) is 5.18. The quantitative estimate of drug-likeness (QED) is 0.105. The van der Waals surface area contributed by atoms with Crippen molar-refractivity contribution in [3.8, 4) is 22.9 Å². The fourth-order valence-corrected chi connectivity index (χ4v) is 4.16. The first-order valence-corrected chi connectivity index (χ1v) is 14.8. The molecule has 2 rings (SSSR count). The van der Waals surface area contributed by atoms with Crippen molar-refractivity contribution in [3.63, 3.8) is 0 Å². The van der Waals surface area contributed by atoms with E-state index in [4.69, 9.17) is 28.9 Å². The van der Waals surface area contributed by atoms with Crippen LogP contribution in [0.5, 0.6) is 5.75 Å². The second kappa shape index (κ2) is 18.2. The number of rotatable bonds is 16. The van der Waals surface area contributed by atoms with Gasteiger partial charge in [-0.3, -0.25) is 24.0 Å². The van der Waals surface area contributed by atoms with Crippen LogP contribution in [0.2, 0.25) is 0 Å². The van der Waals surface area contributed by atoms with Crippen LogP contribution in [0.15, 0.2) is 48.5 Å². The first-order valence-electron chi connectivity index (χ1n) is 14.8. The molecule has 2 aromatic carbocycles. The smallest absolute Gasteiger partial charge is 0.311 e. The number of hydrogen-bond acceptors (Lipinski definition) is 11. The third-order valence-electron chi connectivity index (χ3n) is 6.55. The number of carbonyl (C=O) groups is 5. The van der Waals surface area contributed by atoms with Gasteiger partial charge in [0, 0.05) is 0 Å². The number of ether oxygens (including phenoxy) is 5. The second-order valence-electron chi connectivity index (χ2n) is 11.1. The molecular weight excluding hydrogens is 582 g/mol. The maximum atomic E-state index is 12.7. The number of benzene rings is 2. The van der Waals surface area contributed by atoms with E-state index in [9.17, 15) is 24.0 Å². The average molecular weight is 624 g/mol. The molecule has 0 aromatic heterocycles. The van der Waals surface area contributed by atoms with Gasteiger partial charge in [0.25, 0.3) is 0 Å². The molecule has 0 fully saturated rings.